The molecule has 0 aliphatic heterocycles. The zero-order valence-electron chi connectivity index (χ0n) is 22.5. The Morgan fingerprint density at radius 3 is 2.65 bits per heavy atom. The molecule has 5 nitrogen and oxygen atoms in total. The molecule has 1 heterocycles. The summed E-state index contributed by atoms with van der Waals surface area (Å²) in [5, 5.41) is 9.64. The zero-order valence-corrected chi connectivity index (χ0v) is 22.5. The van der Waals surface area contributed by atoms with E-state index in [1.807, 2.05) is 25.3 Å². The molecule has 0 amide bonds. The first-order valence-electron chi connectivity index (χ1n) is 13.2. The molecule has 3 aromatic rings. The summed E-state index contributed by atoms with van der Waals surface area (Å²) in [6, 6.07) is 16.9. The second-order valence-electron chi connectivity index (χ2n) is 11.8. The first kappa shape index (κ1) is 25.5. The van der Waals surface area contributed by atoms with Gasteiger partial charge in [-0.05, 0) is 102 Å². The van der Waals surface area contributed by atoms with Crippen molar-refractivity contribution < 1.29 is 19.4 Å². The number of rotatable bonds is 7. The average Bonchev–Trinajstić information content (AvgIpc) is 3.58. The number of fused-ring (bicyclic) bond motifs is 2. The Morgan fingerprint density at radius 1 is 1.16 bits per heavy atom. The van der Waals surface area contributed by atoms with Crippen molar-refractivity contribution in [2.24, 2.45) is 11.3 Å². The maximum absolute atomic E-state index is 11.7. The number of ether oxygens (including phenoxy) is 2. The fourth-order valence-electron chi connectivity index (χ4n) is 6.27. The van der Waals surface area contributed by atoms with Gasteiger partial charge in [-0.3, -0.25) is 9.78 Å². The van der Waals surface area contributed by atoms with Crippen LogP contribution in [0.25, 0.3) is 11.1 Å². The number of benzene rings is 2. The molecule has 1 saturated carbocycles. The summed E-state index contributed by atoms with van der Waals surface area (Å²) >= 11 is 0. The van der Waals surface area contributed by atoms with E-state index in [1.165, 1.54) is 11.1 Å². The number of methoxy groups -OCH3 is 1. The highest BCUT2D eigenvalue weighted by molar-refractivity contribution is 5.78. The van der Waals surface area contributed by atoms with E-state index in [0.717, 1.165) is 59.4 Å². The number of hydrogen-bond donors (Lipinski definition) is 1. The molecule has 0 saturated heterocycles. The van der Waals surface area contributed by atoms with Gasteiger partial charge in [0.1, 0.15) is 12.4 Å². The molecule has 0 bridgehead atoms. The molecule has 1 aromatic heterocycles. The van der Waals surface area contributed by atoms with Crippen LogP contribution in [0, 0.1) is 18.3 Å². The van der Waals surface area contributed by atoms with Crippen LogP contribution in [-0.2, 0) is 28.0 Å². The lowest BCUT2D eigenvalue weighted by molar-refractivity contribution is -0.139. The van der Waals surface area contributed by atoms with E-state index in [0.29, 0.717) is 6.61 Å². The summed E-state index contributed by atoms with van der Waals surface area (Å²) in [7, 11) is 1.77. The monoisotopic (exact) mass is 499 g/mol. The van der Waals surface area contributed by atoms with Gasteiger partial charge in [0, 0.05) is 24.4 Å². The van der Waals surface area contributed by atoms with Crippen molar-refractivity contribution in [1.82, 2.24) is 4.98 Å². The molecule has 194 valence electrons. The van der Waals surface area contributed by atoms with Gasteiger partial charge in [-0.25, -0.2) is 0 Å². The van der Waals surface area contributed by atoms with Crippen LogP contribution in [0.3, 0.4) is 0 Å². The average molecular weight is 500 g/mol. The third-order valence-corrected chi connectivity index (χ3v) is 8.09. The molecule has 5 rings (SSSR count). The van der Waals surface area contributed by atoms with Crippen LogP contribution in [-0.4, -0.2) is 23.2 Å². The largest absolute Gasteiger partial charge is 0.489 e. The van der Waals surface area contributed by atoms with Crippen molar-refractivity contribution in [2.75, 3.05) is 7.11 Å². The number of aliphatic carboxylic acids is 1. The Bertz CT molecular complexity index is 1320. The van der Waals surface area contributed by atoms with Gasteiger partial charge < -0.3 is 14.6 Å². The highest BCUT2D eigenvalue weighted by atomic mass is 16.5. The molecule has 5 heteroatoms. The summed E-state index contributed by atoms with van der Waals surface area (Å²) in [6.07, 6.45) is 5.50. The lowest BCUT2D eigenvalue weighted by Crippen LogP contribution is -2.21. The molecule has 37 heavy (non-hydrogen) atoms. The number of hydrogen-bond acceptors (Lipinski definition) is 4. The van der Waals surface area contributed by atoms with Crippen LogP contribution in [0.2, 0.25) is 0 Å². The number of aryl methyl sites for hydroxylation is 2. The van der Waals surface area contributed by atoms with E-state index < -0.39 is 5.97 Å². The Labute approximate surface area is 219 Å². The van der Waals surface area contributed by atoms with E-state index in [-0.39, 0.29) is 22.9 Å². The fraction of sp³-hybridized carbons (Fsp3) is 0.438. The zero-order chi connectivity index (χ0) is 26.4. The number of carboxylic acid groups (broad SMARTS) is 1. The number of pyridine rings is 1. The van der Waals surface area contributed by atoms with E-state index in [1.54, 1.807) is 7.11 Å². The number of carboxylic acids is 1. The van der Waals surface area contributed by atoms with E-state index in [4.69, 9.17) is 9.47 Å². The van der Waals surface area contributed by atoms with Crippen molar-refractivity contribution in [2.45, 2.75) is 71.5 Å². The van der Waals surface area contributed by atoms with Crippen LogP contribution in [0.5, 0.6) is 5.75 Å². The Morgan fingerprint density at radius 2 is 1.97 bits per heavy atom. The predicted molar refractivity (Wildman–Crippen MR) is 145 cm³/mol. The second kappa shape index (κ2) is 9.60. The minimum absolute atomic E-state index is 0.0944. The SMILES string of the molecule is CO[C@@H](c1cc(COc2ccc3c(c2)[C@@]2(CCC3)C[C@@H]2C(=O)O)ccc1-c1ccnc(C)c1)C(C)(C)C. The molecule has 1 fully saturated rings. The third-order valence-electron chi connectivity index (χ3n) is 8.09. The molecule has 0 unspecified atom stereocenters. The van der Waals surface area contributed by atoms with Crippen LogP contribution in [0.1, 0.15) is 74.1 Å². The molecule has 0 radical (unpaired) electrons. The van der Waals surface area contributed by atoms with Crippen LogP contribution >= 0.6 is 0 Å². The smallest absolute Gasteiger partial charge is 0.307 e. The summed E-state index contributed by atoms with van der Waals surface area (Å²) in [5.41, 5.74) is 7.60. The summed E-state index contributed by atoms with van der Waals surface area (Å²) < 4.78 is 12.3. The third kappa shape index (κ3) is 4.89. The van der Waals surface area contributed by atoms with Gasteiger partial charge >= 0.3 is 5.97 Å². The molecule has 1 spiro atoms. The van der Waals surface area contributed by atoms with Gasteiger partial charge in [-0.1, -0.05) is 39.0 Å². The Hall–Kier alpha value is -3.18. The van der Waals surface area contributed by atoms with Crippen LogP contribution < -0.4 is 4.74 Å². The topological polar surface area (TPSA) is 68.7 Å². The highest BCUT2D eigenvalue weighted by Gasteiger charge is 2.60. The fourth-order valence-corrected chi connectivity index (χ4v) is 6.27. The van der Waals surface area contributed by atoms with Crippen LogP contribution in [0.15, 0.2) is 54.7 Å². The van der Waals surface area contributed by atoms with Crippen molar-refractivity contribution in [3.8, 4) is 16.9 Å². The molecule has 3 atom stereocenters. The van der Waals surface area contributed by atoms with Gasteiger partial charge in [0.15, 0.2) is 0 Å². The maximum Gasteiger partial charge on any atom is 0.307 e. The Balaban J connectivity index is 1.44. The first-order chi connectivity index (χ1) is 17.6. The lowest BCUT2D eigenvalue weighted by atomic mass is 9.78. The van der Waals surface area contributed by atoms with Gasteiger partial charge in [0.05, 0.1) is 12.0 Å². The van der Waals surface area contributed by atoms with Gasteiger partial charge in [-0.2, -0.15) is 0 Å². The molecule has 2 aliphatic rings. The Kier molecular flexibility index (Phi) is 6.61. The minimum atomic E-state index is -0.678. The minimum Gasteiger partial charge on any atom is -0.489 e. The normalized spacial score (nSPS) is 21.4. The summed E-state index contributed by atoms with van der Waals surface area (Å²) in [5.74, 6) is -0.148. The van der Waals surface area contributed by atoms with Gasteiger partial charge in [0.25, 0.3) is 0 Å². The quantitative estimate of drug-likeness (QED) is 0.377. The highest BCUT2D eigenvalue weighted by Crippen LogP contribution is 2.60. The van der Waals surface area contributed by atoms with E-state index in [9.17, 15) is 9.90 Å². The predicted octanol–water partition coefficient (Wildman–Crippen LogP) is 7.05. The number of carbonyl (C=O) groups is 1. The van der Waals surface area contributed by atoms with Gasteiger partial charge in [-0.15, -0.1) is 0 Å². The molecule has 2 aromatic carbocycles. The number of nitrogens with zero attached hydrogens (tertiary/aromatic N) is 1. The van der Waals surface area contributed by atoms with Crippen LogP contribution in [0.4, 0.5) is 0 Å². The van der Waals surface area contributed by atoms with Crippen molar-refractivity contribution in [3.05, 3.63) is 82.7 Å². The summed E-state index contributed by atoms with van der Waals surface area (Å²) in [4.78, 5) is 16.1. The van der Waals surface area contributed by atoms with Crippen molar-refractivity contribution in [3.63, 3.8) is 0 Å². The molecular weight excluding hydrogens is 462 g/mol. The molecule has 1 N–H and O–H groups in total. The number of aromatic nitrogens is 1. The lowest BCUT2D eigenvalue weighted by Gasteiger charge is -2.32. The first-order valence-corrected chi connectivity index (χ1v) is 13.2. The molecule has 2 aliphatic carbocycles. The van der Waals surface area contributed by atoms with Crippen molar-refractivity contribution >= 4 is 5.97 Å². The second-order valence-corrected chi connectivity index (χ2v) is 11.8. The molecular formula is C32H37NO4. The van der Waals surface area contributed by atoms with E-state index in [2.05, 4.69) is 62.2 Å². The summed E-state index contributed by atoms with van der Waals surface area (Å²) in [6.45, 7) is 9.01. The van der Waals surface area contributed by atoms with Crippen molar-refractivity contribution in [1.29, 1.82) is 0 Å². The van der Waals surface area contributed by atoms with Gasteiger partial charge in [0.2, 0.25) is 0 Å². The maximum atomic E-state index is 11.7. The van der Waals surface area contributed by atoms with E-state index >= 15 is 0 Å². The standard InChI is InChI=1S/C32H37NO4/c1-20-15-23(12-14-33-20)25-11-8-21(16-26(25)29(36-5)31(2,3)4)19-37-24-10-9-22-7-6-13-32(27(22)17-24)18-28(32)30(34)35/h8-12,14-17,28-29H,6-7,13,18-19H2,1-5H3,(H,34,35)/t28-,29+,32-/m1/s1.